The maximum absolute atomic E-state index is 11.2. The van der Waals surface area contributed by atoms with Gasteiger partial charge in [-0.1, -0.05) is 51.8 Å². The number of rotatable bonds is 4. The van der Waals surface area contributed by atoms with Crippen LogP contribution in [0.25, 0.3) is 11.1 Å². The predicted octanol–water partition coefficient (Wildman–Crippen LogP) is 6.49. The summed E-state index contributed by atoms with van der Waals surface area (Å²) >= 11 is 14.8. The molecular weight excluding hydrogens is 450 g/mol. The highest BCUT2D eigenvalue weighted by atomic mass is 79.9. The first-order chi connectivity index (χ1) is 12.9. The van der Waals surface area contributed by atoms with Crippen LogP contribution in [0.2, 0.25) is 5.02 Å². The Morgan fingerprint density at radius 2 is 1.74 bits per heavy atom. The van der Waals surface area contributed by atoms with E-state index in [2.05, 4.69) is 26.6 Å². The fourth-order valence-electron chi connectivity index (χ4n) is 2.49. The van der Waals surface area contributed by atoms with Gasteiger partial charge in [0.25, 0.3) is 5.69 Å². The Bertz CT molecular complexity index is 1010. The molecule has 0 fully saturated rings. The summed E-state index contributed by atoms with van der Waals surface area (Å²) in [6, 6.07) is 19.3. The highest BCUT2D eigenvalue weighted by molar-refractivity contribution is 9.10. The molecule has 0 aliphatic heterocycles. The Balaban J connectivity index is 1.73. The molecule has 3 rings (SSSR count). The van der Waals surface area contributed by atoms with E-state index >= 15 is 0 Å². The number of thiocarbonyl (C=S) groups is 1. The summed E-state index contributed by atoms with van der Waals surface area (Å²) in [4.78, 5) is 10.8. The molecule has 0 spiro atoms. The summed E-state index contributed by atoms with van der Waals surface area (Å²) in [6.07, 6.45) is 0. The van der Waals surface area contributed by atoms with Gasteiger partial charge in [-0.05, 0) is 54.2 Å². The van der Waals surface area contributed by atoms with E-state index in [-0.39, 0.29) is 10.6 Å². The van der Waals surface area contributed by atoms with Gasteiger partial charge in [-0.2, -0.15) is 0 Å². The summed E-state index contributed by atoms with van der Waals surface area (Å²) < 4.78 is 0.877. The van der Waals surface area contributed by atoms with Crippen molar-refractivity contribution in [3.05, 3.63) is 86.3 Å². The molecule has 0 aromatic heterocycles. The number of nitro groups is 1. The second kappa shape index (κ2) is 8.47. The number of nitrogens with zero attached hydrogens (tertiary/aromatic N) is 1. The third-order valence-corrected chi connectivity index (χ3v) is 4.74. The average molecular weight is 463 g/mol. The summed E-state index contributed by atoms with van der Waals surface area (Å²) in [5, 5.41) is 18.2. The van der Waals surface area contributed by atoms with E-state index in [9.17, 15) is 10.1 Å². The number of benzene rings is 3. The molecule has 5 nitrogen and oxygen atoms in total. The predicted molar refractivity (Wildman–Crippen MR) is 118 cm³/mol. The van der Waals surface area contributed by atoms with Gasteiger partial charge >= 0.3 is 0 Å². The Labute approximate surface area is 174 Å². The lowest BCUT2D eigenvalue weighted by Gasteiger charge is -2.12. The third-order valence-electron chi connectivity index (χ3n) is 3.73. The first-order valence-electron chi connectivity index (χ1n) is 7.81. The molecule has 3 aromatic carbocycles. The molecule has 136 valence electrons. The standard InChI is InChI=1S/C19H13BrClN3O2S/c20-13-7-10-17(16(21)11-13)23-19(27)22-14-8-5-12(6-9-14)15-3-1-2-4-18(15)24(25)26/h1-11H,(H2,22,23,27). The van der Waals surface area contributed by atoms with Crippen LogP contribution in [0.15, 0.2) is 71.2 Å². The van der Waals surface area contributed by atoms with E-state index in [1.54, 1.807) is 36.4 Å². The van der Waals surface area contributed by atoms with Crippen LogP contribution in [-0.2, 0) is 0 Å². The van der Waals surface area contributed by atoms with Crippen molar-refractivity contribution >= 4 is 61.9 Å². The van der Waals surface area contributed by atoms with Gasteiger partial charge in [-0.25, -0.2) is 0 Å². The molecule has 8 heteroatoms. The maximum Gasteiger partial charge on any atom is 0.277 e. The topological polar surface area (TPSA) is 67.2 Å². The molecule has 0 aliphatic rings. The van der Waals surface area contributed by atoms with Crippen LogP contribution in [-0.4, -0.2) is 10.0 Å². The van der Waals surface area contributed by atoms with Gasteiger partial charge in [0.05, 0.1) is 21.2 Å². The summed E-state index contributed by atoms with van der Waals surface area (Å²) in [7, 11) is 0. The van der Waals surface area contributed by atoms with Crippen LogP contribution in [0.5, 0.6) is 0 Å². The minimum atomic E-state index is -0.386. The SMILES string of the molecule is O=[N+]([O-])c1ccccc1-c1ccc(NC(=S)Nc2ccc(Br)cc2Cl)cc1. The van der Waals surface area contributed by atoms with E-state index in [4.69, 9.17) is 23.8 Å². The van der Waals surface area contributed by atoms with E-state index in [0.717, 1.165) is 15.7 Å². The van der Waals surface area contributed by atoms with E-state index < -0.39 is 0 Å². The van der Waals surface area contributed by atoms with Crippen molar-refractivity contribution in [3.8, 4) is 11.1 Å². The fourth-order valence-corrected chi connectivity index (χ4v) is 3.43. The van der Waals surface area contributed by atoms with Crippen molar-refractivity contribution in [1.82, 2.24) is 0 Å². The molecular formula is C19H13BrClN3O2S. The molecule has 2 N–H and O–H groups in total. The number of para-hydroxylation sites is 1. The largest absolute Gasteiger partial charge is 0.332 e. The molecule has 0 saturated carbocycles. The van der Waals surface area contributed by atoms with Crippen LogP contribution in [0.3, 0.4) is 0 Å². The molecule has 3 aromatic rings. The van der Waals surface area contributed by atoms with Crippen LogP contribution in [0.1, 0.15) is 0 Å². The number of anilines is 2. The molecule has 0 unspecified atom stereocenters. The Morgan fingerprint density at radius 1 is 1.04 bits per heavy atom. The average Bonchev–Trinajstić information content (AvgIpc) is 2.64. The van der Waals surface area contributed by atoms with Crippen molar-refractivity contribution in [2.24, 2.45) is 0 Å². The summed E-state index contributed by atoms with van der Waals surface area (Å²) in [5.41, 5.74) is 2.83. The lowest BCUT2D eigenvalue weighted by Crippen LogP contribution is -2.19. The fraction of sp³-hybridized carbons (Fsp3) is 0. The van der Waals surface area contributed by atoms with Crippen LogP contribution >= 0.6 is 39.7 Å². The van der Waals surface area contributed by atoms with Gasteiger partial charge in [0.2, 0.25) is 0 Å². The number of nitrogens with one attached hydrogen (secondary N) is 2. The molecule has 27 heavy (non-hydrogen) atoms. The Morgan fingerprint density at radius 3 is 2.41 bits per heavy atom. The lowest BCUT2D eigenvalue weighted by molar-refractivity contribution is -0.384. The summed E-state index contributed by atoms with van der Waals surface area (Å²) in [5.74, 6) is 0. The maximum atomic E-state index is 11.2. The van der Waals surface area contributed by atoms with E-state index in [1.165, 1.54) is 6.07 Å². The van der Waals surface area contributed by atoms with Crippen molar-refractivity contribution in [2.75, 3.05) is 10.6 Å². The van der Waals surface area contributed by atoms with Crippen LogP contribution in [0, 0.1) is 10.1 Å². The van der Waals surface area contributed by atoms with Gasteiger partial charge in [0.1, 0.15) is 0 Å². The quantitative estimate of drug-likeness (QED) is 0.264. The second-order valence-electron chi connectivity index (χ2n) is 5.55. The highest BCUT2D eigenvalue weighted by Gasteiger charge is 2.13. The van der Waals surface area contributed by atoms with Crippen molar-refractivity contribution in [2.45, 2.75) is 0 Å². The van der Waals surface area contributed by atoms with Gasteiger partial charge in [0, 0.05) is 16.2 Å². The lowest BCUT2D eigenvalue weighted by atomic mass is 10.0. The first kappa shape index (κ1) is 19.3. The highest BCUT2D eigenvalue weighted by Crippen LogP contribution is 2.30. The zero-order valence-corrected chi connectivity index (χ0v) is 16.9. The van der Waals surface area contributed by atoms with Gasteiger partial charge in [0.15, 0.2) is 5.11 Å². The number of halogens is 2. The number of hydrogen-bond donors (Lipinski definition) is 2. The van der Waals surface area contributed by atoms with Crippen molar-refractivity contribution < 1.29 is 4.92 Å². The minimum Gasteiger partial charge on any atom is -0.332 e. The van der Waals surface area contributed by atoms with E-state index in [0.29, 0.717) is 21.4 Å². The van der Waals surface area contributed by atoms with Crippen molar-refractivity contribution in [1.29, 1.82) is 0 Å². The third kappa shape index (κ3) is 4.82. The molecule has 0 saturated heterocycles. The summed E-state index contributed by atoms with van der Waals surface area (Å²) in [6.45, 7) is 0. The monoisotopic (exact) mass is 461 g/mol. The van der Waals surface area contributed by atoms with Gasteiger partial charge in [-0.3, -0.25) is 10.1 Å². The first-order valence-corrected chi connectivity index (χ1v) is 9.39. The Kier molecular flexibility index (Phi) is 6.05. The number of hydrogen-bond acceptors (Lipinski definition) is 3. The van der Waals surface area contributed by atoms with Gasteiger partial charge in [-0.15, -0.1) is 0 Å². The number of nitro benzene ring substituents is 1. The molecule has 0 bridgehead atoms. The molecule has 0 amide bonds. The smallest absolute Gasteiger partial charge is 0.277 e. The molecule has 0 heterocycles. The molecule has 0 atom stereocenters. The second-order valence-corrected chi connectivity index (χ2v) is 7.29. The molecule has 0 aliphatic carbocycles. The minimum absolute atomic E-state index is 0.0697. The van der Waals surface area contributed by atoms with Gasteiger partial charge < -0.3 is 10.6 Å². The normalized spacial score (nSPS) is 10.3. The van der Waals surface area contributed by atoms with E-state index in [1.807, 2.05) is 24.3 Å². The zero-order valence-electron chi connectivity index (χ0n) is 13.8. The van der Waals surface area contributed by atoms with Crippen LogP contribution < -0.4 is 10.6 Å². The van der Waals surface area contributed by atoms with Crippen LogP contribution in [0.4, 0.5) is 17.1 Å². The zero-order chi connectivity index (χ0) is 19.4. The molecule has 0 radical (unpaired) electrons. The Hall–Kier alpha value is -2.48. The van der Waals surface area contributed by atoms with Crippen molar-refractivity contribution in [3.63, 3.8) is 0 Å².